The summed E-state index contributed by atoms with van der Waals surface area (Å²) in [6, 6.07) is 6.18. The molecule has 2 aromatic carbocycles. The van der Waals surface area contributed by atoms with Crippen molar-refractivity contribution < 1.29 is 18.7 Å². The van der Waals surface area contributed by atoms with Crippen molar-refractivity contribution in [2.24, 2.45) is 0 Å². The lowest BCUT2D eigenvalue weighted by molar-refractivity contribution is -0.119. The molecule has 1 amide bonds. The van der Waals surface area contributed by atoms with Crippen LogP contribution in [-0.4, -0.2) is 18.5 Å². The van der Waals surface area contributed by atoms with E-state index in [4.69, 9.17) is 51.1 Å². The molecule has 9 heteroatoms. The van der Waals surface area contributed by atoms with Crippen LogP contribution in [0.25, 0.3) is 0 Å². The van der Waals surface area contributed by atoms with E-state index in [0.29, 0.717) is 5.02 Å². The number of ether oxygens (including phenoxy) is 1. The Morgan fingerprint density at radius 3 is 2.25 bits per heavy atom. The van der Waals surface area contributed by atoms with Gasteiger partial charge >= 0.3 is 5.97 Å². The van der Waals surface area contributed by atoms with E-state index in [-0.39, 0.29) is 26.3 Å². The SMILES string of the molecule is O=C(COC(=O)c1cc(Cl)ccc1F)Nc1c(Cl)cc(Cl)cc1Cl. The molecule has 0 fully saturated rings. The van der Waals surface area contributed by atoms with Crippen LogP contribution in [0.15, 0.2) is 30.3 Å². The smallest absolute Gasteiger partial charge is 0.341 e. The Labute approximate surface area is 156 Å². The first-order chi connectivity index (χ1) is 11.3. The molecule has 24 heavy (non-hydrogen) atoms. The normalized spacial score (nSPS) is 10.4. The van der Waals surface area contributed by atoms with Crippen molar-refractivity contribution in [3.8, 4) is 0 Å². The number of amides is 1. The molecule has 0 bridgehead atoms. The molecule has 0 heterocycles. The molecule has 0 aliphatic rings. The Bertz CT molecular complexity index is 790. The lowest BCUT2D eigenvalue weighted by Gasteiger charge is -2.10. The first-order valence-corrected chi connectivity index (χ1v) is 7.85. The second kappa shape index (κ2) is 8.03. The highest BCUT2D eigenvalue weighted by Crippen LogP contribution is 2.33. The number of halogens is 5. The van der Waals surface area contributed by atoms with Crippen molar-refractivity contribution in [1.82, 2.24) is 0 Å². The Kier molecular flexibility index (Phi) is 6.29. The summed E-state index contributed by atoms with van der Waals surface area (Å²) in [6.07, 6.45) is 0. The fourth-order valence-electron chi connectivity index (χ4n) is 1.70. The van der Waals surface area contributed by atoms with Crippen LogP contribution >= 0.6 is 46.4 Å². The third-order valence-electron chi connectivity index (χ3n) is 2.75. The molecule has 1 N–H and O–H groups in total. The summed E-state index contributed by atoms with van der Waals surface area (Å²) in [5.41, 5.74) is -0.254. The Morgan fingerprint density at radius 1 is 1.00 bits per heavy atom. The van der Waals surface area contributed by atoms with Crippen molar-refractivity contribution in [2.75, 3.05) is 11.9 Å². The minimum atomic E-state index is -1.03. The van der Waals surface area contributed by atoms with Gasteiger partial charge in [-0.3, -0.25) is 4.79 Å². The van der Waals surface area contributed by atoms with Gasteiger partial charge in [-0.05, 0) is 30.3 Å². The van der Waals surface area contributed by atoms with Gasteiger partial charge in [-0.15, -0.1) is 0 Å². The molecule has 126 valence electrons. The number of rotatable bonds is 4. The maximum atomic E-state index is 13.5. The summed E-state index contributed by atoms with van der Waals surface area (Å²) in [6.45, 7) is -0.667. The average molecular weight is 411 g/mol. The zero-order valence-corrected chi connectivity index (χ0v) is 14.7. The minimum absolute atomic E-state index is 0.119. The number of carbonyl (C=O) groups is 2. The third kappa shape index (κ3) is 4.74. The highest BCUT2D eigenvalue weighted by atomic mass is 35.5. The fraction of sp³-hybridized carbons (Fsp3) is 0.0667. The predicted molar refractivity (Wildman–Crippen MR) is 91.8 cm³/mol. The van der Waals surface area contributed by atoms with Crippen molar-refractivity contribution >= 4 is 64.0 Å². The maximum Gasteiger partial charge on any atom is 0.341 e. The summed E-state index contributed by atoms with van der Waals surface area (Å²) >= 11 is 23.3. The largest absolute Gasteiger partial charge is 0.452 e. The van der Waals surface area contributed by atoms with Crippen LogP contribution in [0.4, 0.5) is 10.1 Å². The number of esters is 1. The lowest BCUT2D eigenvalue weighted by atomic mass is 10.2. The number of benzene rings is 2. The average Bonchev–Trinajstić information content (AvgIpc) is 2.50. The molecular formula is C15H8Cl4FNO3. The molecule has 0 spiro atoms. The molecule has 0 saturated heterocycles. The molecule has 0 unspecified atom stereocenters. The monoisotopic (exact) mass is 409 g/mol. The molecular weight excluding hydrogens is 403 g/mol. The number of nitrogens with one attached hydrogen (secondary N) is 1. The van der Waals surface area contributed by atoms with E-state index < -0.39 is 24.3 Å². The molecule has 0 aliphatic heterocycles. The van der Waals surface area contributed by atoms with Gasteiger partial charge < -0.3 is 10.1 Å². The zero-order chi connectivity index (χ0) is 17.9. The van der Waals surface area contributed by atoms with Crippen molar-refractivity contribution in [3.63, 3.8) is 0 Å². The predicted octanol–water partition coefficient (Wildman–Crippen LogP) is 5.23. The second-order valence-electron chi connectivity index (χ2n) is 4.49. The molecule has 0 aromatic heterocycles. The summed E-state index contributed by atoms with van der Waals surface area (Å²) in [7, 11) is 0. The van der Waals surface area contributed by atoms with Gasteiger partial charge in [0, 0.05) is 10.0 Å². The first-order valence-electron chi connectivity index (χ1n) is 6.34. The summed E-state index contributed by atoms with van der Waals surface area (Å²) < 4.78 is 18.3. The standard InChI is InChI=1S/C15H8Cl4FNO3/c16-7-1-2-12(20)9(3-7)15(23)24-6-13(22)21-14-10(18)4-8(17)5-11(14)19/h1-5H,6H2,(H,21,22). The van der Waals surface area contributed by atoms with Crippen LogP contribution in [0.2, 0.25) is 20.1 Å². The highest BCUT2D eigenvalue weighted by Gasteiger charge is 2.17. The van der Waals surface area contributed by atoms with Crippen LogP contribution in [-0.2, 0) is 9.53 Å². The van der Waals surface area contributed by atoms with Crippen LogP contribution < -0.4 is 5.32 Å². The number of hydrogen-bond donors (Lipinski definition) is 1. The lowest BCUT2D eigenvalue weighted by Crippen LogP contribution is -2.21. The molecule has 4 nitrogen and oxygen atoms in total. The molecule has 0 aliphatic carbocycles. The van der Waals surface area contributed by atoms with Crippen LogP contribution in [0.5, 0.6) is 0 Å². The number of anilines is 1. The van der Waals surface area contributed by atoms with Gasteiger partial charge in [0.15, 0.2) is 6.61 Å². The van der Waals surface area contributed by atoms with Gasteiger partial charge in [0.1, 0.15) is 5.82 Å². The van der Waals surface area contributed by atoms with E-state index in [9.17, 15) is 14.0 Å². The number of carbonyl (C=O) groups excluding carboxylic acids is 2. The second-order valence-corrected chi connectivity index (χ2v) is 6.18. The van der Waals surface area contributed by atoms with E-state index in [0.717, 1.165) is 12.1 Å². The van der Waals surface area contributed by atoms with Crippen molar-refractivity contribution in [1.29, 1.82) is 0 Å². The van der Waals surface area contributed by atoms with E-state index >= 15 is 0 Å². The van der Waals surface area contributed by atoms with E-state index in [1.165, 1.54) is 18.2 Å². The van der Waals surface area contributed by atoms with Crippen molar-refractivity contribution in [2.45, 2.75) is 0 Å². The third-order valence-corrected chi connectivity index (χ3v) is 3.80. The summed E-state index contributed by atoms with van der Waals surface area (Å²) in [5, 5.41) is 3.07. The minimum Gasteiger partial charge on any atom is -0.452 e. The highest BCUT2D eigenvalue weighted by molar-refractivity contribution is 6.42. The quantitative estimate of drug-likeness (QED) is 0.701. The molecule has 0 atom stereocenters. The van der Waals surface area contributed by atoms with Gasteiger partial charge in [-0.25, -0.2) is 9.18 Å². The number of hydrogen-bond acceptors (Lipinski definition) is 3. The summed E-state index contributed by atoms with van der Waals surface area (Å²) in [5.74, 6) is -2.55. The van der Waals surface area contributed by atoms with E-state index in [1.54, 1.807) is 0 Å². The molecule has 0 saturated carbocycles. The Morgan fingerprint density at radius 2 is 1.62 bits per heavy atom. The van der Waals surface area contributed by atoms with Gasteiger partial charge in [-0.1, -0.05) is 46.4 Å². The summed E-state index contributed by atoms with van der Waals surface area (Å²) in [4.78, 5) is 23.6. The first kappa shape index (κ1) is 18.8. The van der Waals surface area contributed by atoms with E-state index in [2.05, 4.69) is 5.32 Å². The van der Waals surface area contributed by atoms with Crippen LogP contribution in [0.1, 0.15) is 10.4 Å². The molecule has 0 radical (unpaired) electrons. The van der Waals surface area contributed by atoms with Gasteiger partial charge in [0.2, 0.25) is 0 Å². The maximum absolute atomic E-state index is 13.5. The molecule has 2 aromatic rings. The van der Waals surface area contributed by atoms with Crippen LogP contribution in [0, 0.1) is 5.82 Å². The topological polar surface area (TPSA) is 55.4 Å². The Balaban J connectivity index is 2.01. The van der Waals surface area contributed by atoms with E-state index in [1.807, 2.05) is 0 Å². The Hall–Kier alpha value is -1.53. The zero-order valence-electron chi connectivity index (χ0n) is 11.7. The fourth-order valence-corrected chi connectivity index (χ4v) is 2.78. The van der Waals surface area contributed by atoms with Gasteiger partial charge in [-0.2, -0.15) is 0 Å². The van der Waals surface area contributed by atoms with Gasteiger partial charge in [0.05, 0.1) is 21.3 Å². The van der Waals surface area contributed by atoms with Crippen LogP contribution in [0.3, 0.4) is 0 Å². The molecule has 2 rings (SSSR count). The van der Waals surface area contributed by atoms with Crippen molar-refractivity contribution in [3.05, 3.63) is 61.8 Å². The van der Waals surface area contributed by atoms with Gasteiger partial charge in [0.25, 0.3) is 5.91 Å².